The molecule has 0 radical (unpaired) electrons. The van der Waals surface area contributed by atoms with E-state index in [1.165, 1.54) is 10.7 Å². The highest BCUT2D eigenvalue weighted by molar-refractivity contribution is 7.14. The van der Waals surface area contributed by atoms with Gasteiger partial charge in [0.25, 0.3) is 5.56 Å². The summed E-state index contributed by atoms with van der Waals surface area (Å²) in [5.41, 5.74) is 3.11. The van der Waals surface area contributed by atoms with E-state index in [0.717, 1.165) is 47.3 Å². The van der Waals surface area contributed by atoms with E-state index < -0.39 is 11.5 Å². The van der Waals surface area contributed by atoms with Gasteiger partial charge in [-0.2, -0.15) is 5.10 Å². The molecule has 1 aromatic carbocycles. The normalized spacial score (nSPS) is 11.1. The van der Waals surface area contributed by atoms with Crippen LogP contribution in [0, 0.1) is 0 Å². The zero-order chi connectivity index (χ0) is 20.9. The van der Waals surface area contributed by atoms with Crippen molar-refractivity contribution in [2.24, 2.45) is 0 Å². The number of aromatic amines is 1. The minimum Gasteiger partial charge on any atom is -0.462 e. The number of unbranched alkanes of at least 4 members (excludes halogenated alkanes) is 3. The Morgan fingerprint density at radius 2 is 2.00 bits per heavy atom. The molecule has 30 heavy (non-hydrogen) atoms. The molecule has 0 unspecified atom stereocenters. The Morgan fingerprint density at radius 3 is 2.80 bits per heavy atom. The lowest BCUT2D eigenvalue weighted by molar-refractivity contribution is 0.0495. The smallest absolute Gasteiger partial charge is 0.345 e. The van der Waals surface area contributed by atoms with Gasteiger partial charge in [-0.25, -0.2) is 9.31 Å². The second kappa shape index (κ2) is 9.09. The van der Waals surface area contributed by atoms with E-state index in [-0.39, 0.29) is 5.56 Å². The van der Waals surface area contributed by atoms with Crippen molar-refractivity contribution in [1.82, 2.24) is 14.6 Å². The molecule has 3 aromatic heterocycles. The molecule has 0 aliphatic rings. The summed E-state index contributed by atoms with van der Waals surface area (Å²) in [6, 6.07) is 12.2. The fraction of sp³-hybridized carbons (Fsp3) is 0.261. The molecule has 3 heterocycles. The van der Waals surface area contributed by atoms with Crippen LogP contribution in [-0.4, -0.2) is 27.2 Å². The zero-order valence-electron chi connectivity index (χ0n) is 16.8. The van der Waals surface area contributed by atoms with Crippen LogP contribution in [0.5, 0.6) is 0 Å². The van der Waals surface area contributed by atoms with E-state index in [4.69, 9.17) is 4.74 Å². The number of carbonyl (C=O) groups is 1. The Balaban J connectivity index is 1.56. The molecule has 0 fully saturated rings. The van der Waals surface area contributed by atoms with Gasteiger partial charge in [-0.1, -0.05) is 56.5 Å². The van der Waals surface area contributed by atoms with E-state index in [9.17, 15) is 9.59 Å². The van der Waals surface area contributed by atoms with Gasteiger partial charge in [0.05, 0.1) is 24.6 Å². The van der Waals surface area contributed by atoms with Crippen LogP contribution < -0.4 is 5.56 Å². The summed E-state index contributed by atoms with van der Waals surface area (Å²) in [7, 11) is 0. The van der Waals surface area contributed by atoms with Crippen LogP contribution in [-0.2, 0) is 4.74 Å². The van der Waals surface area contributed by atoms with Crippen molar-refractivity contribution in [2.75, 3.05) is 6.61 Å². The number of H-pyrrole nitrogens is 1. The lowest BCUT2D eigenvalue weighted by atomic mass is 10.1. The second-order valence-electron chi connectivity index (χ2n) is 7.11. The first kappa shape index (κ1) is 20.1. The molecule has 7 heteroatoms. The van der Waals surface area contributed by atoms with Gasteiger partial charge < -0.3 is 9.72 Å². The molecule has 0 aliphatic carbocycles. The van der Waals surface area contributed by atoms with Gasteiger partial charge in [-0.3, -0.25) is 4.79 Å². The summed E-state index contributed by atoms with van der Waals surface area (Å²) in [6.45, 7) is 2.44. The van der Waals surface area contributed by atoms with Gasteiger partial charge >= 0.3 is 5.97 Å². The van der Waals surface area contributed by atoms with Crippen LogP contribution in [0.1, 0.15) is 43.0 Å². The first-order chi connectivity index (χ1) is 14.7. The lowest BCUT2D eigenvalue weighted by Crippen LogP contribution is -2.21. The van der Waals surface area contributed by atoms with Crippen molar-refractivity contribution >= 4 is 23.0 Å². The number of carbonyl (C=O) groups excluding carboxylic acids is 1. The highest BCUT2D eigenvalue weighted by Gasteiger charge is 2.17. The SMILES string of the molecule is CCCCCCOC(=O)c1cn2ncc(-c3cc(-c4ccccc4)cs3)c2[nH]c1=O. The number of rotatable bonds is 8. The number of ether oxygens (including phenoxy) is 1. The third-order valence-corrected chi connectivity index (χ3v) is 5.91. The van der Waals surface area contributed by atoms with Gasteiger partial charge in [-0.05, 0) is 29.0 Å². The number of nitrogens with zero attached hydrogens (tertiary/aromatic N) is 2. The number of nitrogens with one attached hydrogen (secondary N) is 1. The molecular formula is C23H23N3O3S. The molecule has 154 valence electrons. The molecule has 0 saturated carbocycles. The van der Waals surface area contributed by atoms with Crippen LogP contribution >= 0.6 is 11.3 Å². The molecule has 0 amide bonds. The van der Waals surface area contributed by atoms with Crippen molar-refractivity contribution in [1.29, 1.82) is 0 Å². The number of aromatic nitrogens is 3. The van der Waals surface area contributed by atoms with Gasteiger partial charge in [-0.15, -0.1) is 11.3 Å². The van der Waals surface area contributed by atoms with Gasteiger partial charge in [0.2, 0.25) is 0 Å². The molecule has 0 aliphatic heterocycles. The molecule has 0 spiro atoms. The number of esters is 1. The molecule has 4 aromatic rings. The summed E-state index contributed by atoms with van der Waals surface area (Å²) < 4.78 is 6.77. The van der Waals surface area contributed by atoms with Crippen LogP contribution in [0.4, 0.5) is 0 Å². The van der Waals surface area contributed by atoms with E-state index in [2.05, 4.69) is 40.6 Å². The average molecular weight is 422 g/mol. The molecule has 1 N–H and O–H groups in total. The summed E-state index contributed by atoms with van der Waals surface area (Å²) >= 11 is 1.58. The first-order valence-corrected chi connectivity index (χ1v) is 11.0. The minimum absolute atomic E-state index is 0.0382. The minimum atomic E-state index is -0.616. The average Bonchev–Trinajstić information content (AvgIpc) is 3.40. The first-order valence-electron chi connectivity index (χ1n) is 10.1. The standard InChI is InChI=1S/C23H23N3O3S/c1-2-3-4-8-11-29-23(28)19-14-26-21(25-22(19)27)18(13-24-26)20-12-17(15-30-20)16-9-6-5-7-10-16/h5-7,9-10,12-15H,2-4,8,11H2,1H3,(H,25,27). The molecule has 0 bridgehead atoms. The topological polar surface area (TPSA) is 76.5 Å². The maximum absolute atomic E-state index is 12.5. The van der Waals surface area contributed by atoms with Gasteiger partial charge in [0, 0.05) is 4.88 Å². The van der Waals surface area contributed by atoms with E-state index in [1.54, 1.807) is 17.5 Å². The molecular weight excluding hydrogens is 398 g/mol. The maximum Gasteiger partial charge on any atom is 0.345 e. The number of hydrogen-bond donors (Lipinski definition) is 1. The monoisotopic (exact) mass is 421 g/mol. The highest BCUT2D eigenvalue weighted by Crippen LogP contribution is 2.33. The Morgan fingerprint density at radius 1 is 1.17 bits per heavy atom. The fourth-order valence-corrected chi connectivity index (χ4v) is 4.23. The van der Waals surface area contributed by atoms with Crippen LogP contribution in [0.25, 0.3) is 27.2 Å². The Kier molecular flexibility index (Phi) is 6.09. The summed E-state index contributed by atoms with van der Waals surface area (Å²) in [4.78, 5) is 28.6. The van der Waals surface area contributed by atoms with E-state index in [1.807, 2.05) is 18.2 Å². The predicted octanol–water partition coefficient (Wildman–Crippen LogP) is 5.16. The number of thiophene rings is 1. The van der Waals surface area contributed by atoms with Gasteiger partial charge in [0.15, 0.2) is 0 Å². The van der Waals surface area contributed by atoms with E-state index in [0.29, 0.717) is 12.3 Å². The fourth-order valence-electron chi connectivity index (χ4n) is 3.30. The molecule has 0 saturated heterocycles. The largest absolute Gasteiger partial charge is 0.462 e. The summed E-state index contributed by atoms with van der Waals surface area (Å²) in [5, 5.41) is 6.41. The summed E-state index contributed by atoms with van der Waals surface area (Å²) in [6.07, 6.45) is 7.17. The Hall–Kier alpha value is -3.19. The Labute approximate surface area is 178 Å². The van der Waals surface area contributed by atoms with Crippen molar-refractivity contribution in [3.63, 3.8) is 0 Å². The zero-order valence-corrected chi connectivity index (χ0v) is 17.6. The van der Waals surface area contributed by atoms with Gasteiger partial charge in [0.1, 0.15) is 11.2 Å². The third-order valence-electron chi connectivity index (χ3n) is 4.95. The predicted molar refractivity (Wildman–Crippen MR) is 119 cm³/mol. The van der Waals surface area contributed by atoms with Crippen molar-refractivity contribution in [3.05, 3.63) is 70.1 Å². The van der Waals surface area contributed by atoms with Crippen molar-refractivity contribution < 1.29 is 9.53 Å². The number of benzene rings is 1. The maximum atomic E-state index is 12.5. The highest BCUT2D eigenvalue weighted by atomic mass is 32.1. The van der Waals surface area contributed by atoms with Crippen molar-refractivity contribution in [2.45, 2.75) is 32.6 Å². The third kappa shape index (κ3) is 4.21. The van der Waals surface area contributed by atoms with E-state index >= 15 is 0 Å². The Bertz CT molecular complexity index is 1210. The van der Waals surface area contributed by atoms with Crippen molar-refractivity contribution in [3.8, 4) is 21.6 Å². The quantitative estimate of drug-likeness (QED) is 0.315. The van der Waals surface area contributed by atoms with Crippen LogP contribution in [0.2, 0.25) is 0 Å². The molecule has 0 atom stereocenters. The van der Waals surface area contributed by atoms with Crippen LogP contribution in [0.3, 0.4) is 0 Å². The lowest BCUT2D eigenvalue weighted by Gasteiger charge is -2.05. The number of hydrogen-bond acceptors (Lipinski definition) is 5. The second-order valence-corrected chi connectivity index (χ2v) is 8.02. The summed E-state index contributed by atoms with van der Waals surface area (Å²) in [5.74, 6) is -0.616. The molecule has 4 rings (SSSR count). The molecule has 6 nitrogen and oxygen atoms in total. The number of fused-ring (bicyclic) bond motifs is 1. The van der Waals surface area contributed by atoms with Crippen LogP contribution in [0.15, 0.2) is 59.0 Å².